The number of allylic oxidation sites excluding steroid dienone is 1. The fourth-order valence-corrected chi connectivity index (χ4v) is 0.530. The molecule has 9 heavy (non-hydrogen) atoms. The average Bonchev–Trinajstić information content (AvgIpc) is 1.85. The van der Waals surface area contributed by atoms with Crippen molar-refractivity contribution in [3.05, 3.63) is 12.3 Å². The Hall–Kier alpha value is -0.790. The third-order valence-electron chi connectivity index (χ3n) is 0.950. The Balaban J connectivity index is 3.27. The molecular formula is C7H14N2. The first-order valence-corrected chi connectivity index (χ1v) is 3.16. The molecule has 0 aromatic rings. The van der Waals surface area contributed by atoms with Crippen molar-refractivity contribution in [1.29, 1.82) is 0 Å². The van der Waals surface area contributed by atoms with E-state index in [2.05, 4.69) is 23.8 Å². The van der Waals surface area contributed by atoms with Gasteiger partial charge in [-0.05, 0) is 6.42 Å². The summed E-state index contributed by atoms with van der Waals surface area (Å²) >= 11 is 0. The highest BCUT2D eigenvalue weighted by Gasteiger charge is 1.84. The Morgan fingerprint density at radius 1 is 1.78 bits per heavy atom. The predicted octanol–water partition coefficient (Wildman–Crippen LogP) is 1.55. The quantitative estimate of drug-likeness (QED) is 0.448. The van der Waals surface area contributed by atoms with Crippen molar-refractivity contribution < 1.29 is 0 Å². The third kappa shape index (κ3) is 5.07. The number of hydrogen-bond acceptors (Lipinski definition) is 1. The van der Waals surface area contributed by atoms with Gasteiger partial charge >= 0.3 is 0 Å². The summed E-state index contributed by atoms with van der Waals surface area (Å²) in [5.41, 5.74) is 1.03. The number of rotatable bonds is 4. The predicted molar refractivity (Wildman–Crippen MR) is 41.6 cm³/mol. The van der Waals surface area contributed by atoms with E-state index in [-0.39, 0.29) is 0 Å². The van der Waals surface area contributed by atoms with Crippen LogP contribution in [-0.4, -0.2) is 13.4 Å². The van der Waals surface area contributed by atoms with Gasteiger partial charge in [-0.25, -0.2) is 0 Å². The molecule has 0 aromatic heterocycles. The minimum absolute atomic E-state index is 1.02. The zero-order valence-corrected chi connectivity index (χ0v) is 6.15. The van der Waals surface area contributed by atoms with Crippen LogP contribution in [0.3, 0.4) is 0 Å². The normalized spacial score (nSPS) is 10.0. The van der Waals surface area contributed by atoms with E-state index in [4.69, 9.17) is 0 Å². The monoisotopic (exact) mass is 126 g/mol. The van der Waals surface area contributed by atoms with E-state index in [1.54, 1.807) is 13.4 Å². The molecular weight excluding hydrogens is 112 g/mol. The summed E-state index contributed by atoms with van der Waals surface area (Å²) in [5, 5.41) is 2.95. The van der Waals surface area contributed by atoms with Gasteiger partial charge in [-0.15, -0.1) is 0 Å². The van der Waals surface area contributed by atoms with Gasteiger partial charge in [0.05, 0.1) is 6.34 Å². The highest BCUT2D eigenvalue weighted by Crippen LogP contribution is 1.94. The summed E-state index contributed by atoms with van der Waals surface area (Å²) in [4.78, 5) is 3.76. The summed E-state index contributed by atoms with van der Waals surface area (Å²) in [6, 6.07) is 0. The van der Waals surface area contributed by atoms with Gasteiger partial charge in [-0.2, -0.15) is 0 Å². The van der Waals surface area contributed by atoms with E-state index >= 15 is 0 Å². The van der Waals surface area contributed by atoms with E-state index in [0.29, 0.717) is 0 Å². The van der Waals surface area contributed by atoms with Crippen LogP contribution in [0.5, 0.6) is 0 Å². The van der Waals surface area contributed by atoms with Crippen LogP contribution in [0.1, 0.15) is 19.8 Å². The largest absolute Gasteiger partial charge is 0.351 e. The molecule has 0 radical (unpaired) electrons. The molecule has 2 nitrogen and oxygen atoms in total. The van der Waals surface area contributed by atoms with E-state index in [0.717, 1.165) is 18.5 Å². The van der Waals surface area contributed by atoms with Gasteiger partial charge in [0.2, 0.25) is 0 Å². The molecule has 0 bridgehead atoms. The maximum Gasteiger partial charge on any atom is 0.0861 e. The molecule has 0 aliphatic rings. The topological polar surface area (TPSA) is 24.4 Å². The SMILES string of the molecule is C=C(CCC)NC=NC. The fourth-order valence-electron chi connectivity index (χ4n) is 0.530. The first-order chi connectivity index (χ1) is 4.31. The lowest BCUT2D eigenvalue weighted by Gasteiger charge is -1.99. The lowest BCUT2D eigenvalue weighted by atomic mass is 10.3. The molecule has 0 saturated carbocycles. The molecule has 2 heteroatoms. The standard InChI is InChI=1S/C7H14N2/c1-4-5-7(2)9-6-8-3/h6H,2,4-5H2,1,3H3,(H,8,9). The van der Waals surface area contributed by atoms with Crippen LogP contribution in [0.2, 0.25) is 0 Å². The van der Waals surface area contributed by atoms with Crippen LogP contribution >= 0.6 is 0 Å². The second-order valence-corrected chi connectivity index (χ2v) is 1.89. The average molecular weight is 126 g/mol. The summed E-state index contributed by atoms with van der Waals surface area (Å²) in [5.74, 6) is 0. The molecule has 0 heterocycles. The van der Waals surface area contributed by atoms with Crippen LogP contribution in [0.15, 0.2) is 17.3 Å². The van der Waals surface area contributed by atoms with Crippen molar-refractivity contribution in [3.8, 4) is 0 Å². The van der Waals surface area contributed by atoms with Crippen molar-refractivity contribution in [2.75, 3.05) is 7.05 Å². The van der Waals surface area contributed by atoms with E-state index in [1.807, 2.05) is 0 Å². The molecule has 0 aliphatic heterocycles. The Kier molecular flexibility index (Phi) is 4.88. The molecule has 0 fully saturated rings. The summed E-state index contributed by atoms with van der Waals surface area (Å²) in [6.45, 7) is 5.90. The van der Waals surface area contributed by atoms with Crippen LogP contribution in [-0.2, 0) is 0 Å². The van der Waals surface area contributed by atoms with Crippen LogP contribution in [0.25, 0.3) is 0 Å². The first-order valence-electron chi connectivity index (χ1n) is 3.16. The van der Waals surface area contributed by atoms with Gasteiger partial charge in [0, 0.05) is 12.7 Å². The van der Waals surface area contributed by atoms with Gasteiger partial charge in [0.1, 0.15) is 0 Å². The zero-order chi connectivity index (χ0) is 7.11. The van der Waals surface area contributed by atoms with Crippen molar-refractivity contribution in [2.45, 2.75) is 19.8 Å². The molecule has 0 rings (SSSR count). The van der Waals surface area contributed by atoms with Crippen LogP contribution in [0, 0.1) is 0 Å². The Morgan fingerprint density at radius 2 is 2.44 bits per heavy atom. The zero-order valence-electron chi connectivity index (χ0n) is 6.15. The molecule has 0 aliphatic carbocycles. The van der Waals surface area contributed by atoms with Crippen molar-refractivity contribution in [3.63, 3.8) is 0 Å². The summed E-state index contributed by atoms with van der Waals surface area (Å²) < 4.78 is 0. The van der Waals surface area contributed by atoms with E-state index < -0.39 is 0 Å². The smallest absolute Gasteiger partial charge is 0.0861 e. The molecule has 0 atom stereocenters. The minimum atomic E-state index is 1.02. The lowest BCUT2D eigenvalue weighted by molar-refractivity contribution is 0.864. The van der Waals surface area contributed by atoms with Gasteiger partial charge in [0.25, 0.3) is 0 Å². The highest BCUT2D eigenvalue weighted by molar-refractivity contribution is 5.56. The van der Waals surface area contributed by atoms with Gasteiger partial charge < -0.3 is 5.32 Å². The Labute approximate surface area is 56.7 Å². The number of nitrogens with one attached hydrogen (secondary N) is 1. The van der Waals surface area contributed by atoms with Crippen molar-refractivity contribution >= 4 is 6.34 Å². The second-order valence-electron chi connectivity index (χ2n) is 1.89. The van der Waals surface area contributed by atoms with Crippen molar-refractivity contribution in [2.24, 2.45) is 4.99 Å². The van der Waals surface area contributed by atoms with Gasteiger partial charge in [-0.3, -0.25) is 4.99 Å². The van der Waals surface area contributed by atoms with E-state index in [9.17, 15) is 0 Å². The maximum absolute atomic E-state index is 3.78. The van der Waals surface area contributed by atoms with Gasteiger partial charge in [-0.1, -0.05) is 19.9 Å². The second kappa shape index (κ2) is 5.35. The van der Waals surface area contributed by atoms with Crippen molar-refractivity contribution in [1.82, 2.24) is 5.32 Å². The van der Waals surface area contributed by atoms with Crippen LogP contribution in [0.4, 0.5) is 0 Å². The molecule has 0 spiro atoms. The number of nitrogens with zero attached hydrogens (tertiary/aromatic N) is 1. The minimum Gasteiger partial charge on any atom is -0.351 e. The molecule has 0 unspecified atom stereocenters. The number of aliphatic imine (C=N–C) groups is 1. The molecule has 1 N–H and O–H groups in total. The lowest BCUT2D eigenvalue weighted by Crippen LogP contribution is -2.08. The third-order valence-corrected chi connectivity index (χ3v) is 0.950. The van der Waals surface area contributed by atoms with Crippen LogP contribution < -0.4 is 5.32 Å². The summed E-state index contributed by atoms with van der Waals surface area (Å²) in [6.07, 6.45) is 3.80. The fraction of sp³-hybridized carbons (Fsp3) is 0.571. The summed E-state index contributed by atoms with van der Waals surface area (Å²) in [7, 11) is 1.73. The van der Waals surface area contributed by atoms with E-state index in [1.165, 1.54) is 0 Å². The Morgan fingerprint density at radius 3 is 2.89 bits per heavy atom. The highest BCUT2D eigenvalue weighted by atomic mass is 14.9. The maximum atomic E-state index is 3.78. The Bertz CT molecular complexity index is 105. The first kappa shape index (κ1) is 8.21. The number of hydrogen-bond donors (Lipinski definition) is 1. The van der Waals surface area contributed by atoms with Gasteiger partial charge in [0.15, 0.2) is 0 Å². The molecule has 0 aromatic carbocycles. The molecule has 0 saturated heterocycles. The molecule has 52 valence electrons. The molecule has 0 amide bonds.